The quantitative estimate of drug-likeness (QED) is 0.758. The molecule has 98 valence electrons. The van der Waals surface area contributed by atoms with Crippen molar-refractivity contribution in [1.29, 1.82) is 5.41 Å². The van der Waals surface area contributed by atoms with Gasteiger partial charge in [0.1, 0.15) is 5.71 Å². The number of hydrogen-bond donors (Lipinski definition) is 1. The number of benzene rings is 1. The van der Waals surface area contributed by atoms with Gasteiger partial charge in [-0.25, -0.2) is 0 Å². The second-order valence-electron chi connectivity index (χ2n) is 5.19. The molecule has 1 aromatic carbocycles. The van der Waals surface area contributed by atoms with Gasteiger partial charge in [-0.2, -0.15) is 0 Å². The van der Waals surface area contributed by atoms with Gasteiger partial charge in [0, 0.05) is 12.0 Å². The van der Waals surface area contributed by atoms with E-state index in [1.54, 1.807) is 0 Å². The van der Waals surface area contributed by atoms with Gasteiger partial charge in [-0.3, -0.25) is 10.2 Å². The minimum atomic E-state index is -0.0380. The van der Waals surface area contributed by atoms with E-state index >= 15 is 0 Å². The molecule has 0 aliphatic heterocycles. The Balaban J connectivity index is 2.90. The van der Waals surface area contributed by atoms with Gasteiger partial charge in [-0.15, -0.1) is 0 Å². The van der Waals surface area contributed by atoms with E-state index < -0.39 is 0 Å². The van der Waals surface area contributed by atoms with Crippen molar-refractivity contribution < 1.29 is 4.79 Å². The third kappa shape index (κ3) is 3.52. The number of Topliss-reactive ketones (excluding diaryl/α,β-unsaturated/α-hetero) is 1. The summed E-state index contributed by atoms with van der Waals surface area (Å²) in [6.07, 6.45) is 2.20. The zero-order valence-corrected chi connectivity index (χ0v) is 11.8. The van der Waals surface area contributed by atoms with Crippen molar-refractivity contribution in [3.05, 3.63) is 34.9 Å². The smallest absolute Gasteiger partial charge is 0.181 e. The average molecular weight is 245 g/mol. The first-order valence-electron chi connectivity index (χ1n) is 6.68. The standard InChI is InChI=1S/C16H23NO/c1-5-13-12(4)7-6-8-14(13)16(17)15(18)10-9-11(2)3/h6-8,11,17H,5,9-10H2,1-4H3. The molecule has 1 rings (SSSR count). The second kappa shape index (κ2) is 6.48. The van der Waals surface area contributed by atoms with Crippen molar-refractivity contribution in [2.24, 2.45) is 5.92 Å². The van der Waals surface area contributed by atoms with Gasteiger partial charge >= 0.3 is 0 Å². The summed E-state index contributed by atoms with van der Waals surface area (Å²) in [6.45, 7) is 8.30. The first-order chi connectivity index (χ1) is 8.47. The Kier molecular flexibility index (Phi) is 5.26. The van der Waals surface area contributed by atoms with Crippen LogP contribution in [0.15, 0.2) is 18.2 Å². The molecule has 1 N–H and O–H groups in total. The van der Waals surface area contributed by atoms with Crippen LogP contribution in [-0.4, -0.2) is 11.5 Å². The fourth-order valence-corrected chi connectivity index (χ4v) is 2.10. The zero-order chi connectivity index (χ0) is 13.7. The summed E-state index contributed by atoms with van der Waals surface area (Å²) >= 11 is 0. The number of aryl methyl sites for hydroxylation is 1. The topological polar surface area (TPSA) is 40.9 Å². The molecule has 0 radical (unpaired) electrons. The average Bonchev–Trinajstić information content (AvgIpc) is 2.34. The second-order valence-corrected chi connectivity index (χ2v) is 5.19. The number of ketones is 1. The van der Waals surface area contributed by atoms with Crippen LogP contribution in [-0.2, 0) is 11.2 Å². The number of hydrogen-bond acceptors (Lipinski definition) is 2. The number of nitrogens with one attached hydrogen (secondary N) is 1. The molecule has 0 atom stereocenters. The van der Waals surface area contributed by atoms with Crippen molar-refractivity contribution in [2.75, 3.05) is 0 Å². The van der Waals surface area contributed by atoms with Crippen LogP contribution in [0, 0.1) is 18.3 Å². The van der Waals surface area contributed by atoms with Crippen LogP contribution < -0.4 is 0 Å². The maximum atomic E-state index is 12.0. The summed E-state index contributed by atoms with van der Waals surface area (Å²) in [6, 6.07) is 5.85. The lowest BCUT2D eigenvalue weighted by Gasteiger charge is -2.12. The van der Waals surface area contributed by atoms with Crippen molar-refractivity contribution in [3.63, 3.8) is 0 Å². The van der Waals surface area contributed by atoms with E-state index in [4.69, 9.17) is 5.41 Å². The van der Waals surface area contributed by atoms with Gasteiger partial charge in [-0.05, 0) is 36.8 Å². The highest BCUT2D eigenvalue weighted by molar-refractivity contribution is 6.45. The zero-order valence-electron chi connectivity index (χ0n) is 11.8. The first-order valence-corrected chi connectivity index (χ1v) is 6.68. The number of carbonyl (C=O) groups is 1. The predicted molar refractivity (Wildman–Crippen MR) is 76.5 cm³/mol. The molecule has 0 aliphatic rings. The molecule has 1 aromatic rings. The lowest BCUT2D eigenvalue weighted by molar-refractivity contribution is -0.113. The van der Waals surface area contributed by atoms with Crippen LogP contribution in [0.4, 0.5) is 0 Å². The highest BCUT2D eigenvalue weighted by Crippen LogP contribution is 2.17. The minimum Gasteiger partial charge on any atom is -0.297 e. The molecule has 0 heterocycles. The Hall–Kier alpha value is -1.44. The third-order valence-electron chi connectivity index (χ3n) is 3.26. The van der Waals surface area contributed by atoms with Crippen molar-refractivity contribution in [3.8, 4) is 0 Å². The largest absolute Gasteiger partial charge is 0.297 e. The van der Waals surface area contributed by atoms with Crippen LogP contribution in [0.5, 0.6) is 0 Å². The molecule has 0 fully saturated rings. The van der Waals surface area contributed by atoms with Gasteiger partial charge in [0.05, 0.1) is 0 Å². The van der Waals surface area contributed by atoms with Gasteiger partial charge in [0.2, 0.25) is 0 Å². The molecule has 18 heavy (non-hydrogen) atoms. The Labute approximate surface area is 110 Å². The Morgan fingerprint density at radius 1 is 1.33 bits per heavy atom. The summed E-state index contributed by atoms with van der Waals surface area (Å²) < 4.78 is 0. The van der Waals surface area contributed by atoms with Crippen LogP contribution in [0.25, 0.3) is 0 Å². The van der Waals surface area contributed by atoms with Crippen molar-refractivity contribution in [2.45, 2.75) is 47.0 Å². The Morgan fingerprint density at radius 2 is 2.00 bits per heavy atom. The highest BCUT2D eigenvalue weighted by Gasteiger charge is 2.15. The third-order valence-corrected chi connectivity index (χ3v) is 3.26. The molecule has 0 saturated heterocycles. The predicted octanol–water partition coefficient (Wildman–Crippen LogP) is 3.93. The molecule has 0 amide bonds. The first kappa shape index (κ1) is 14.6. The summed E-state index contributed by atoms with van der Waals surface area (Å²) in [7, 11) is 0. The molecule has 2 nitrogen and oxygen atoms in total. The maximum absolute atomic E-state index is 12.0. The van der Waals surface area contributed by atoms with Gasteiger partial charge in [0.15, 0.2) is 5.78 Å². The van der Waals surface area contributed by atoms with E-state index in [1.807, 2.05) is 25.1 Å². The SMILES string of the molecule is CCc1c(C)cccc1C(=N)C(=O)CCC(C)C. The Bertz CT molecular complexity index is 446. The van der Waals surface area contributed by atoms with Crippen LogP contribution >= 0.6 is 0 Å². The van der Waals surface area contributed by atoms with E-state index in [0.717, 1.165) is 29.5 Å². The van der Waals surface area contributed by atoms with Crippen LogP contribution in [0.1, 0.15) is 50.3 Å². The summed E-state index contributed by atoms with van der Waals surface area (Å²) in [5.41, 5.74) is 3.28. The Morgan fingerprint density at radius 3 is 2.56 bits per heavy atom. The molecule has 0 aromatic heterocycles. The lowest BCUT2D eigenvalue weighted by atomic mass is 9.93. The summed E-state index contributed by atoms with van der Waals surface area (Å²) in [5.74, 6) is 0.467. The van der Waals surface area contributed by atoms with E-state index in [9.17, 15) is 4.79 Å². The van der Waals surface area contributed by atoms with Crippen molar-refractivity contribution in [1.82, 2.24) is 0 Å². The normalized spacial score (nSPS) is 10.7. The van der Waals surface area contributed by atoms with Crippen LogP contribution in [0.2, 0.25) is 0 Å². The molecular weight excluding hydrogens is 222 g/mol. The van der Waals surface area contributed by atoms with Gasteiger partial charge < -0.3 is 0 Å². The molecule has 0 saturated carbocycles. The van der Waals surface area contributed by atoms with E-state index in [-0.39, 0.29) is 11.5 Å². The van der Waals surface area contributed by atoms with Crippen LogP contribution in [0.3, 0.4) is 0 Å². The number of carbonyl (C=O) groups excluding carboxylic acids is 1. The van der Waals surface area contributed by atoms with E-state index in [0.29, 0.717) is 12.3 Å². The highest BCUT2D eigenvalue weighted by atomic mass is 16.1. The van der Waals surface area contributed by atoms with Gasteiger partial charge in [0.25, 0.3) is 0 Å². The molecule has 0 aliphatic carbocycles. The van der Waals surface area contributed by atoms with E-state index in [2.05, 4.69) is 20.8 Å². The minimum absolute atomic E-state index is 0.0380. The fraction of sp³-hybridized carbons (Fsp3) is 0.500. The lowest BCUT2D eigenvalue weighted by Crippen LogP contribution is -2.17. The molecular formula is C16H23NO. The number of rotatable bonds is 6. The summed E-state index contributed by atoms with van der Waals surface area (Å²) in [5, 5.41) is 8.07. The fourth-order valence-electron chi connectivity index (χ4n) is 2.10. The molecule has 0 spiro atoms. The molecule has 0 bridgehead atoms. The van der Waals surface area contributed by atoms with E-state index in [1.165, 1.54) is 0 Å². The van der Waals surface area contributed by atoms with Crippen molar-refractivity contribution >= 4 is 11.5 Å². The maximum Gasteiger partial charge on any atom is 0.181 e. The summed E-state index contributed by atoms with van der Waals surface area (Å²) in [4.78, 5) is 12.0. The van der Waals surface area contributed by atoms with Gasteiger partial charge in [-0.1, -0.05) is 39.0 Å². The monoisotopic (exact) mass is 245 g/mol. The molecule has 2 heteroatoms. The molecule has 0 unspecified atom stereocenters.